The fourth-order valence-corrected chi connectivity index (χ4v) is 4.02. The van der Waals surface area contributed by atoms with E-state index in [0.717, 1.165) is 29.0 Å². The first kappa shape index (κ1) is 12.7. The zero-order valence-corrected chi connectivity index (χ0v) is 12.4. The van der Waals surface area contributed by atoms with Crippen molar-refractivity contribution < 1.29 is 0 Å². The molecule has 96 valence electrons. The van der Waals surface area contributed by atoms with Crippen molar-refractivity contribution >= 4 is 23.1 Å². The third kappa shape index (κ3) is 2.18. The molecule has 0 bridgehead atoms. The summed E-state index contributed by atoms with van der Waals surface area (Å²) < 4.78 is 0. The summed E-state index contributed by atoms with van der Waals surface area (Å²) in [6.45, 7) is 0. The molecule has 3 rings (SSSR count). The van der Waals surface area contributed by atoms with Crippen LogP contribution in [-0.2, 0) is 12.8 Å². The van der Waals surface area contributed by atoms with Gasteiger partial charge in [0, 0.05) is 16.1 Å². The third-order valence-electron chi connectivity index (χ3n) is 3.51. The van der Waals surface area contributed by atoms with E-state index in [1.54, 1.807) is 23.1 Å². The van der Waals surface area contributed by atoms with Gasteiger partial charge in [0.2, 0.25) is 0 Å². The highest BCUT2D eigenvalue weighted by atomic mass is 32.2. The minimum absolute atomic E-state index is 0.760. The van der Waals surface area contributed by atoms with E-state index < -0.39 is 0 Å². The van der Waals surface area contributed by atoms with E-state index in [2.05, 4.69) is 23.6 Å². The first-order valence-electron chi connectivity index (χ1n) is 6.39. The van der Waals surface area contributed by atoms with E-state index in [-0.39, 0.29) is 0 Å². The van der Waals surface area contributed by atoms with Gasteiger partial charge in [0.1, 0.15) is 11.1 Å². The molecule has 0 radical (unpaired) electrons. The second kappa shape index (κ2) is 5.36. The van der Waals surface area contributed by atoms with E-state index in [4.69, 9.17) is 4.98 Å². The first-order chi connectivity index (χ1) is 9.35. The van der Waals surface area contributed by atoms with Crippen LogP contribution in [0.25, 0.3) is 10.4 Å². The minimum atomic E-state index is 0.760. The molecule has 0 unspecified atom stereocenters. The van der Waals surface area contributed by atoms with Crippen LogP contribution >= 0.6 is 23.1 Å². The largest absolute Gasteiger partial charge is 0.245 e. The number of rotatable bonds is 2. The molecular weight excluding hydrogens is 272 g/mol. The average molecular weight is 286 g/mol. The average Bonchev–Trinajstić information content (AvgIpc) is 2.98. The van der Waals surface area contributed by atoms with Gasteiger partial charge < -0.3 is 0 Å². The molecule has 2 heterocycles. The number of aryl methyl sites for hydroxylation is 1. The highest BCUT2D eigenvalue weighted by molar-refractivity contribution is 7.98. The van der Waals surface area contributed by atoms with Gasteiger partial charge >= 0.3 is 0 Å². The number of aromatic nitrogens is 1. The Balaban J connectivity index is 2.32. The summed E-state index contributed by atoms with van der Waals surface area (Å²) in [4.78, 5) is 5.92. The Hall–Kier alpha value is -1.31. The Morgan fingerprint density at radius 3 is 2.89 bits per heavy atom. The van der Waals surface area contributed by atoms with Gasteiger partial charge in [-0.25, -0.2) is 4.98 Å². The van der Waals surface area contributed by atoms with Crippen molar-refractivity contribution in [2.24, 2.45) is 0 Å². The smallest absolute Gasteiger partial charge is 0.115 e. The SMILES string of the molecule is CSc1nc2c(c(-c3cccs3)c1C#N)CCCC2. The molecule has 1 aliphatic rings. The second-order valence-corrected chi connectivity index (χ2v) is 6.34. The number of nitrogens with zero attached hydrogens (tertiary/aromatic N) is 2. The molecule has 0 aliphatic heterocycles. The van der Waals surface area contributed by atoms with Crippen molar-refractivity contribution in [3.63, 3.8) is 0 Å². The topological polar surface area (TPSA) is 36.7 Å². The van der Waals surface area contributed by atoms with E-state index in [1.165, 1.54) is 29.0 Å². The summed E-state index contributed by atoms with van der Waals surface area (Å²) in [5.41, 5.74) is 4.42. The fraction of sp³-hybridized carbons (Fsp3) is 0.333. The highest BCUT2D eigenvalue weighted by Crippen LogP contribution is 2.38. The lowest BCUT2D eigenvalue weighted by atomic mass is 9.89. The lowest BCUT2D eigenvalue weighted by molar-refractivity contribution is 0.661. The second-order valence-electron chi connectivity index (χ2n) is 4.59. The molecule has 0 spiro atoms. The molecule has 1 aliphatic carbocycles. The molecule has 0 N–H and O–H groups in total. The molecule has 0 saturated carbocycles. The summed E-state index contributed by atoms with van der Waals surface area (Å²) in [7, 11) is 0. The van der Waals surface area contributed by atoms with Gasteiger partial charge in [-0.15, -0.1) is 23.1 Å². The number of hydrogen-bond donors (Lipinski definition) is 0. The van der Waals surface area contributed by atoms with Crippen LogP contribution in [0.4, 0.5) is 0 Å². The summed E-state index contributed by atoms with van der Waals surface area (Å²) in [5.74, 6) is 0. The van der Waals surface area contributed by atoms with E-state index in [0.29, 0.717) is 0 Å². The predicted molar refractivity (Wildman–Crippen MR) is 80.7 cm³/mol. The fourth-order valence-electron chi connectivity index (χ4n) is 2.66. The lowest BCUT2D eigenvalue weighted by Gasteiger charge is -2.20. The zero-order valence-electron chi connectivity index (χ0n) is 10.8. The van der Waals surface area contributed by atoms with Crippen LogP contribution in [0.1, 0.15) is 29.7 Å². The summed E-state index contributed by atoms with van der Waals surface area (Å²) in [6, 6.07) is 6.54. The minimum Gasteiger partial charge on any atom is -0.245 e. The van der Waals surface area contributed by atoms with Gasteiger partial charge in [0.05, 0.1) is 5.56 Å². The van der Waals surface area contributed by atoms with Gasteiger partial charge in [0.15, 0.2) is 0 Å². The van der Waals surface area contributed by atoms with E-state index in [1.807, 2.05) is 6.26 Å². The molecule has 2 nitrogen and oxygen atoms in total. The molecule has 19 heavy (non-hydrogen) atoms. The summed E-state index contributed by atoms with van der Waals surface area (Å²) >= 11 is 3.28. The standard InChI is InChI=1S/C15H14N2S2/c1-18-15-11(9-16)14(13-7-4-8-19-13)10-5-2-3-6-12(10)17-15/h4,7-8H,2-3,5-6H2,1H3. The molecule has 2 aromatic rings. The van der Waals surface area contributed by atoms with Crippen LogP contribution in [0, 0.1) is 11.3 Å². The van der Waals surface area contributed by atoms with Gasteiger partial charge in [0.25, 0.3) is 0 Å². The van der Waals surface area contributed by atoms with Gasteiger partial charge in [-0.2, -0.15) is 5.26 Å². The monoisotopic (exact) mass is 286 g/mol. The van der Waals surface area contributed by atoms with Crippen LogP contribution < -0.4 is 0 Å². The third-order valence-corrected chi connectivity index (χ3v) is 5.08. The van der Waals surface area contributed by atoms with Crippen molar-refractivity contribution in [3.8, 4) is 16.5 Å². The van der Waals surface area contributed by atoms with Crippen molar-refractivity contribution in [1.29, 1.82) is 5.26 Å². The molecule has 0 amide bonds. The van der Waals surface area contributed by atoms with E-state index in [9.17, 15) is 5.26 Å². The van der Waals surface area contributed by atoms with Crippen LogP contribution in [0.3, 0.4) is 0 Å². The summed E-state index contributed by atoms with van der Waals surface area (Å²) in [5, 5.41) is 12.5. The van der Waals surface area contributed by atoms with Crippen molar-refractivity contribution in [1.82, 2.24) is 4.98 Å². The molecule has 0 atom stereocenters. The zero-order chi connectivity index (χ0) is 13.2. The quantitative estimate of drug-likeness (QED) is 0.773. The molecular formula is C15H14N2S2. The predicted octanol–water partition coefficient (Wildman–Crippen LogP) is 4.28. The first-order valence-corrected chi connectivity index (χ1v) is 8.49. The number of pyridine rings is 1. The van der Waals surface area contributed by atoms with Gasteiger partial charge in [-0.1, -0.05) is 6.07 Å². The molecule has 0 fully saturated rings. The van der Waals surface area contributed by atoms with Crippen LogP contribution in [0.5, 0.6) is 0 Å². The van der Waals surface area contributed by atoms with Crippen molar-refractivity contribution in [2.45, 2.75) is 30.7 Å². The highest BCUT2D eigenvalue weighted by Gasteiger charge is 2.22. The number of thioether (sulfide) groups is 1. The number of nitriles is 1. The van der Waals surface area contributed by atoms with Crippen LogP contribution in [0.2, 0.25) is 0 Å². The van der Waals surface area contributed by atoms with Crippen molar-refractivity contribution in [3.05, 3.63) is 34.3 Å². The van der Waals surface area contributed by atoms with Crippen LogP contribution in [-0.4, -0.2) is 11.2 Å². The van der Waals surface area contributed by atoms with Gasteiger partial charge in [-0.05, 0) is 48.9 Å². The molecule has 0 saturated heterocycles. The lowest BCUT2D eigenvalue weighted by Crippen LogP contribution is -2.10. The number of fused-ring (bicyclic) bond motifs is 1. The van der Waals surface area contributed by atoms with Crippen molar-refractivity contribution in [2.75, 3.05) is 6.26 Å². The van der Waals surface area contributed by atoms with E-state index >= 15 is 0 Å². The maximum absolute atomic E-state index is 9.53. The molecule has 4 heteroatoms. The number of thiophene rings is 1. The maximum Gasteiger partial charge on any atom is 0.115 e. The summed E-state index contributed by atoms with van der Waals surface area (Å²) in [6.07, 6.45) is 6.52. The van der Waals surface area contributed by atoms with Gasteiger partial charge in [-0.3, -0.25) is 0 Å². The Labute approximate surface area is 121 Å². The Kier molecular flexibility index (Phi) is 3.58. The molecule has 2 aromatic heterocycles. The Morgan fingerprint density at radius 2 is 2.21 bits per heavy atom. The number of hydrogen-bond acceptors (Lipinski definition) is 4. The molecule has 0 aromatic carbocycles. The van der Waals surface area contributed by atoms with Crippen LogP contribution in [0.15, 0.2) is 22.5 Å². The maximum atomic E-state index is 9.53. The normalized spacial score (nSPS) is 13.9. The Morgan fingerprint density at radius 1 is 1.37 bits per heavy atom. The Bertz CT molecular complexity index is 639.